The molecule has 86 valence electrons. The van der Waals surface area contributed by atoms with E-state index in [4.69, 9.17) is 9.84 Å². The SMILES string of the molecule is CCN(CC(=O)O)C(=O)C1OCCC1C. The number of carbonyl (C=O) groups is 2. The molecule has 0 aromatic carbocycles. The first-order chi connectivity index (χ1) is 7.06. The number of likely N-dealkylation sites (N-methyl/N-ethyl adjacent to an activating group) is 1. The molecule has 5 heteroatoms. The summed E-state index contributed by atoms with van der Waals surface area (Å²) < 4.78 is 5.31. The summed E-state index contributed by atoms with van der Waals surface area (Å²) in [6.07, 6.45) is 0.408. The van der Waals surface area contributed by atoms with Gasteiger partial charge in [-0.1, -0.05) is 6.92 Å². The highest BCUT2D eigenvalue weighted by Gasteiger charge is 2.34. The number of carboxylic acids is 1. The van der Waals surface area contributed by atoms with Crippen LogP contribution in [0.2, 0.25) is 0 Å². The molecule has 15 heavy (non-hydrogen) atoms. The van der Waals surface area contributed by atoms with Crippen LogP contribution in [0.3, 0.4) is 0 Å². The summed E-state index contributed by atoms with van der Waals surface area (Å²) in [7, 11) is 0. The molecular formula is C10H17NO4. The van der Waals surface area contributed by atoms with Crippen LogP contribution < -0.4 is 0 Å². The molecule has 0 aliphatic carbocycles. The van der Waals surface area contributed by atoms with Crippen molar-refractivity contribution in [3.8, 4) is 0 Å². The van der Waals surface area contributed by atoms with Crippen molar-refractivity contribution in [2.45, 2.75) is 26.4 Å². The normalized spacial score (nSPS) is 25.2. The van der Waals surface area contributed by atoms with Crippen molar-refractivity contribution in [1.29, 1.82) is 0 Å². The molecular weight excluding hydrogens is 198 g/mol. The highest BCUT2D eigenvalue weighted by Crippen LogP contribution is 2.21. The van der Waals surface area contributed by atoms with Crippen LogP contribution >= 0.6 is 0 Å². The molecule has 1 fully saturated rings. The van der Waals surface area contributed by atoms with E-state index in [1.807, 2.05) is 6.92 Å². The van der Waals surface area contributed by atoms with Gasteiger partial charge in [-0.25, -0.2) is 0 Å². The lowest BCUT2D eigenvalue weighted by molar-refractivity contribution is -0.149. The Hall–Kier alpha value is -1.10. The number of hydrogen-bond donors (Lipinski definition) is 1. The third-order valence-electron chi connectivity index (χ3n) is 2.65. The van der Waals surface area contributed by atoms with Crippen molar-refractivity contribution in [2.75, 3.05) is 19.7 Å². The van der Waals surface area contributed by atoms with Gasteiger partial charge in [-0.15, -0.1) is 0 Å². The maximum atomic E-state index is 11.9. The topological polar surface area (TPSA) is 66.8 Å². The van der Waals surface area contributed by atoms with Crippen LogP contribution in [0.5, 0.6) is 0 Å². The fraction of sp³-hybridized carbons (Fsp3) is 0.800. The van der Waals surface area contributed by atoms with E-state index < -0.39 is 12.1 Å². The van der Waals surface area contributed by atoms with Crippen LogP contribution in [0, 0.1) is 5.92 Å². The molecule has 1 rings (SSSR count). The van der Waals surface area contributed by atoms with Crippen molar-refractivity contribution < 1.29 is 19.4 Å². The second-order valence-electron chi connectivity index (χ2n) is 3.80. The number of carboxylic acid groups (broad SMARTS) is 1. The summed E-state index contributed by atoms with van der Waals surface area (Å²) in [6, 6.07) is 0. The van der Waals surface area contributed by atoms with Gasteiger partial charge in [-0.2, -0.15) is 0 Å². The second-order valence-corrected chi connectivity index (χ2v) is 3.80. The quantitative estimate of drug-likeness (QED) is 0.734. The Balaban J connectivity index is 2.59. The summed E-state index contributed by atoms with van der Waals surface area (Å²) >= 11 is 0. The average molecular weight is 215 g/mol. The van der Waals surface area contributed by atoms with Crippen LogP contribution in [-0.2, 0) is 14.3 Å². The molecule has 0 saturated carbocycles. The van der Waals surface area contributed by atoms with Crippen molar-refractivity contribution in [1.82, 2.24) is 4.90 Å². The van der Waals surface area contributed by atoms with E-state index in [1.165, 1.54) is 4.90 Å². The molecule has 2 atom stereocenters. The maximum Gasteiger partial charge on any atom is 0.323 e. The Labute approximate surface area is 89.0 Å². The van der Waals surface area contributed by atoms with Crippen LogP contribution in [0.15, 0.2) is 0 Å². The number of rotatable bonds is 4. The molecule has 5 nitrogen and oxygen atoms in total. The highest BCUT2D eigenvalue weighted by atomic mass is 16.5. The molecule has 0 radical (unpaired) electrons. The molecule has 1 N–H and O–H groups in total. The van der Waals surface area contributed by atoms with Gasteiger partial charge in [0.15, 0.2) is 0 Å². The molecule has 0 aromatic rings. The number of amides is 1. The van der Waals surface area contributed by atoms with Gasteiger partial charge in [0.2, 0.25) is 0 Å². The van der Waals surface area contributed by atoms with Crippen LogP contribution in [0.25, 0.3) is 0 Å². The van der Waals surface area contributed by atoms with E-state index in [9.17, 15) is 9.59 Å². The van der Waals surface area contributed by atoms with E-state index in [2.05, 4.69) is 0 Å². The summed E-state index contributed by atoms with van der Waals surface area (Å²) in [6.45, 7) is 4.45. The monoisotopic (exact) mass is 215 g/mol. The molecule has 0 spiro atoms. The minimum atomic E-state index is -0.990. The van der Waals surface area contributed by atoms with Gasteiger partial charge in [0.1, 0.15) is 12.6 Å². The first-order valence-corrected chi connectivity index (χ1v) is 5.18. The predicted molar refractivity (Wildman–Crippen MR) is 53.4 cm³/mol. The van der Waals surface area contributed by atoms with Crippen molar-refractivity contribution in [3.05, 3.63) is 0 Å². The third-order valence-corrected chi connectivity index (χ3v) is 2.65. The first-order valence-electron chi connectivity index (χ1n) is 5.18. The number of ether oxygens (including phenoxy) is 1. The number of carbonyl (C=O) groups excluding carboxylic acids is 1. The minimum absolute atomic E-state index is 0.181. The first kappa shape index (κ1) is 12.0. The molecule has 1 amide bonds. The van der Waals surface area contributed by atoms with Crippen molar-refractivity contribution in [3.63, 3.8) is 0 Å². The van der Waals surface area contributed by atoms with E-state index in [0.717, 1.165) is 6.42 Å². The lowest BCUT2D eigenvalue weighted by Crippen LogP contribution is -2.43. The summed E-state index contributed by atoms with van der Waals surface area (Å²) in [5.41, 5.74) is 0. The van der Waals surface area contributed by atoms with Crippen LogP contribution in [0.4, 0.5) is 0 Å². The standard InChI is InChI=1S/C10H17NO4/c1-3-11(6-8(12)13)10(14)9-7(2)4-5-15-9/h7,9H,3-6H2,1-2H3,(H,12,13). The minimum Gasteiger partial charge on any atom is -0.480 e. The van der Waals surface area contributed by atoms with E-state index >= 15 is 0 Å². The number of hydrogen-bond acceptors (Lipinski definition) is 3. The molecule has 1 aliphatic rings. The molecule has 0 bridgehead atoms. The molecule has 1 aliphatic heterocycles. The van der Waals surface area contributed by atoms with Gasteiger partial charge in [-0.05, 0) is 19.3 Å². The Morgan fingerprint density at radius 3 is 2.60 bits per heavy atom. The summed E-state index contributed by atoms with van der Waals surface area (Å²) in [5, 5.41) is 8.64. The Morgan fingerprint density at radius 2 is 2.20 bits per heavy atom. The summed E-state index contributed by atoms with van der Waals surface area (Å²) in [4.78, 5) is 23.7. The predicted octanol–water partition coefficient (Wildman–Crippen LogP) is 0.344. The molecule has 1 heterocycles. The fourth-order valence-electron chi connectivity index (χ4n) is 1.70. The summed E-state index contributed by atoms with van der Waals surface area (Å²) in [5.74, 6) is -1.01. The Morgan fingerprint density at radius 1 is 1.53 bits per heavy atom. The Kier molecular flexibility index (Phi) is 4.08. The smallest absolute Gasteiger partial charge is 0.323 e. The third kappa shape index (κ3) is 2.92. The van der Waals surface area contributed by atoms with Crippen LogP contribution in [-0.4, -0.2) is 47.7 Å². The molecule has 0 aromatic heterocycles. The lowest BCUT2D eigenvalue weighted by Gasteiger charge is -2.23. The molecule has 1 saturated heterocycles. The largest absolute Gasteiger partial charge is 0.480 e. The lowest BCUT2D eigenvalue weighted by atomic mass is 10.0. The van der Waals surface area contributed by atoms with Crippen LogP contribution in [0.1, 0.15) is 20.3 Å². The number of aliphatic carboxylic acids is 1. The molecule has 2 unspecified atom stereocenters. The van der Waals surface area contributed by atoms with E-state index in [1.54, 1.807) is 6.92 Å². The highest BCUT2D eigenvalue weighted by molar-refractivity contribution is 5.85. The second kappa shape index (κ2) is 5.11. The zero-order chi connectivity index (χ0) is 11.4. The van der Waals surface area contributed by atoms with Gasteiger partial charge in [-0.3, -0.25) is 9.59 Å². The van der Waals surface area contributed by atoms with Crippen molar-refractivity contribution in [2.24, 2.45) is 5.92 Å². The zero-order valence-corrected chi connectivity index (χ0v) is 9.10. The van der Waals surface area contributed by atoms with Gasteiger partial charge >= 0.3 is 5.97 Å². The van der Waals surface area contributed by atoms with E-state index in [0.29, 0.717) is 13.2 Å². The van der Waals surface area contributed by atoms with Gasteiger partial charge in [0.05, 0.1) is 0 Å². The average Bonchev–Trinajstić information content (AvgIpc) is 2.59. The van der Waals surface area contributed by atoms with Gasteiger partial charge < -0.3 is 14.7 Å². The number of nitrogens with zero attached hydrogens (tertiary/aromatic N) is 1. The van der Waals surface area contributed by atoms with Gasteiger partial charge in [0, 0.05) is 13.2 Å². The van der Waals surface area contributed by atoms with Gasteiger partial charge in [0.25, 0.3) is 5.91 Å². The van der Waals surface area contributed by atoms with Crippen molar-refractivity contribution >= 4 is 11.9 Å². The fourth-order valence-corrected chi connectivity index (χ4v) is 1.70. The Bertz CT molecular complexity index is 254. The maximum absolute atomic E-state index is 11.9. The zero-order valence-electron chi connectivity index (χ0n) is 9.10. The van der Waals surface area contributed by atoms with E-state index in [-0.39, 0.29) is 18.4 Å².